The van der Waals surface area contributed by atoms with Gasteiger partial charge in [0.25, 0.3) is 0 Å². The van der Waals surface area contributed by atoms with Crippen LogP contribution in [0.25, 0.3) is 6.08 Å². The maximum absolute atomic E-state index is 12.1. The number of methoxy groups -OCH3 is 1. The van der Waals surface area contributed by atoms with Gasteiger partial charge in [0.05, 0.1) is 7.11 Å². The van der Waals surface area contributed by atoms with Gasteiger partial charge in [0.1, 0.15) is 6.07 Å². The number of rotatable bonds is 9. The van der Waals surface area contributed by atoms with Crippen LogP contribution in [-0.2, 0) is 4.79 Å². The first-order chi connectivity index (χ1) is 15.2. The average Bonchev–Trinajstić information content (AvgIpc) is 2.82. The summed E-state index contributed by atoms with van der Waals surface area (Å²) in [6.07, 6.45) is 3.24. The Balaban J connectivity index is 1.39. The van der Waals surface area contributed by atoms with Gasteiger partial charge in [-0.3, -0.25) is 9.69 Å². The Kier molecular flexibility index (Phi) is 8.32. The Morgan fingerprint density at radius 2 is 1.90 bits per heavy atom. The number of hydrogen-bond acceptors (Lipinski definition) is 6. The number of amides is 1. The molecular formula is C24H28N4O3. The molecule has 0 saturated carbocycles. The maximum atomic E-state index is 12.1. The summed E-state index contributed by atoms with van der Waals surface area (Å²) >= 11 is 0. The molecule has 0 radical (unpaired) electrons. The lowest BCUT2D eigenvalue weighted by atomic mass is 10.2. The third-order valence-corrected chi connectivity index (χ3v) is 5.13. The van der Waals surface area contributed by atoms with Crippen LogP contribution >= 0.6 is 0 Å². The highest BCUT2D eigenvalue weighted by atomic mass is 16.5. The lowest BCUT2D eigenvalue weighted by molar-refractivity contribution is -0.116. The zero-order valence-corrected chi connectivity index (χ0v) is 17.8. The summed E-state index contributed by atoms with van der Waals surface area (Å²) in [6.45, 7) is 5.36. The van der Waals surface area contributed by atoms with Gasteiger partial charge in [-0.15, -0.1) is 0 Å². The van der Waals surface area contributed by atoms with Gasteiger partial charge in [-0.1, -0.05) is 24.3 Å². The van der Waals surface area contributed by atoms with E-state index >= 15 is 0 Å². The number of anilines is 1. The van der Waals surface area contributed by atoms with E-state index in [0.29, 0.717) is 18.0 Å². The van der Waals surface area contributed by atoms with Crippen LogP contribution in [-0.4, -0.2) is 63.8 Å². The van der Waals surface area contributed by atoms with E-state index < -0.39 is 0 Å². The number of nitriles is 1. The number of carbonyl (C=O) groups is 1. The molecule has 3 rings (SSSR count). The molecular weight excluding hydrogens is 392 g/mol. The SMILES string of the molecule is COc1cc(/C=C/C(=O)NCCN2CCN(c3ccccc3)CC2)ccc1OCC#N. The fraction of sp³-hybridized carbons (Fsp3) is 0.333. The Bertz CT molecular complexity index is 916. The quantitative estimate of drug-likeness (QED) is 0.628. The van der Waals surface area contributed by atoms with Crippen molar-refractivity contribution >= 4 is 17.7 Å². The molecule has 0 unspecified atom stereocenters. The second-order valence-electron chi connectivity index (χ2n) is 7.15. The van der Waals surface area contributed by atoms with Gasteiger partial charge in [-0.05, 0) is 35.9 Å². The number of carbonyl (C=O) groups excluding carboxylic acids is 1. The minimum absolute atomic E-state index is 0.0464. The molecule has 1 heterocycles. The molecule has 0 bridgehead atoms. The number of para-hydroxylation sites is 1. The molecule has 1 aliphatic heterocycles. The highest BCUT2D eigenvalue weighted by Crippen LogP contribution is 2.28. The summed E-state index contributed by atoms with van der Waals surface area (Å²) in [5.41, 5.74) is 2.08. The molecule has 162 valence electrons. The molecule has 1 fully saturated rings. The van der Waals surface area contributed by atoms with E-state index in [0.717, 1.165) is 38.3 Å². The van der Waals surface area contributed by atoms with E-state index in [1.807, 2.05) is 18.2 Å². The smallest absolute Gasteiger partial charge is 0.244 e. The summed E-state index contributed by atoms with van der Waals surface area (Å²) in [5.74, 6) is 0.886. The Morgan fingerprint density at radius 1 is 1.13 bits per heavy atom. The van der Waals surface area contributed by atoms with Crippen molar-refractivity contribution in [1.29, 1.82) is 5.26 Å². The van der Waals surface area contributed by atoms with Crippen LogP contribution in [0.2, 0.25) is 0 Å². The molecule has 1 amide bonds. The van der Waals surface area contributed by atoms with E-state index in [2.05, 4.69) is 39.4 Å². The second-order valence-corrected chi connectivity index (χ2v) is 7.15. The minimum Gasteiger partial charge on any atom is -0.493 e. The van der Waals surface area contributed by atoms with Crippen molar-refractivity contribution in [2.45, 2.75) is 0 Å². The van der Waals surface area contributed by atoms with Gasteiger partial charge in [-0.2, -0.15) is 5.26 Å². The lowest BCUT2D eigenvalue weighted by Crippen LogP contribution is -2.48. The molecule has 2 aromatic rings. The molecule has 0 aromatic heterocycles. The first-order valence-corrected chi connectivity index (χ1v) is 10.4. The molecule has 7 nitrogen and oxygen atoms in total. The predicted molar refractivity (Wildman–Crippen MR) is 121 cm³/mol. The van der Waals surface area contributed by atoms with Crippen LogP contribution in [0.1, 0.15) is 5.56 Å². The number of piperazine rings is 1. The largest absolute Gasteiger partial charge is 0.493 e. The van der Waals surface area contributed by atoms with Crippen LogP contribution in [0.4, 0.5) is 5.69 Å². The van der Waals surface area contributed by atoms with Gasteiger partial charge in [0.2, 0.25) is 5.91 Å². The Morgan fingerprint density at radius 3 is 2.61 bits per heavy atom. The number of hydrogen-bond donors (Lipinski definition) is 1. The Labute approximate surface area is 183 Å². The third-order valence-electron chi connectivity index (χ3n) is 5.13. The topological polar surface area (TPSA) is 77.8 Å². The van der Waals surface area contributed by atoms with Crippen molar-refractivity contribution in [3.05, 3.63) is 60.2 Å². The fourth-order valence-electron chi connectivity index (χ4n) is 3.45. The summed E-state index contributed by atoms with van der Waals surface area (Å²) in [6, 6.07) is 17.7. The number of nitrogens with one attached hydrogen (secondary N) is 1. The highest BCUT2D eigenvalue weighted by Gasteiger charge is 2.16. The first-order valence-electron chi connectivity index (χ1n) is 10.4. The molecule has 0 aliphatic carbocycles. The molecule has 7 heteroatoms. The van der Waals surface area contributed by atoms with E-state index in [4.69, 9.17) is 14.7 Å². The molecule has 0 spiro atoms. The number of benzene rings is 2. The minimum atomic E-state index is -0.133. The van der Waals surface area contributed by atoms with Crippen molar-refractivity contribution in [3.8, 4) is 17.6 Å². The third kappa shape index (κ3) is 6.76. The van der Waals surface area contributed by atoms with Gasteiger partial charge in [0.15, 0.2) is 18.1 Å². The van der Waals surface area contributed by atoms with E-state index in [-0.39, 0.29) is 12.5 Å². The van der Waals surface area contributed by atoms with Crippen molar-refractivity contribution in [2.75, 3.05) is 57.9 Å². The second kappa shape index (κ2) is 11.6. The normalized spacial score (nSPS) is 14.3. The monoisotopic (exact) mass is 420 g/mol. The molecule has 2 aromatic carbocycles. The van der Waals surface area contributed by atoms with Gasteiger partial charge >= 0.3 is 0 Å². The summed E-state index contributed by atoms with van der Waals surface area (Å²) in [7, 11) is 1.54. The van der Waals surface area contributed by atoms with Crippen molar-refractivity contribution in [1.82, 2.24) is 10.2 Å². The van der Waals surface area contributed by atoms with E-state index in [1.165, 1.54) is 18.9 Å². The van der Waals surface area contributed by atoms with Crippen molar-refractivity contribution in [3.63, 3.8) is 0 Å². The van der Waals surface area contributed by atoms with Crippen LogP contribution in [0.15, 0.2) is 54.6 Å². The highest BCUT2D eigenvalue weighted by molar-refractivity contribution is 5.91. The molecule has 31 heavy (non-hydrogen) atoms. The van der Waals surface area contributed by atoms with E-state index in [9.17, 15) is 4.79 Å². The lowest BCUT2D eigenvalue weighted by Gasteiger charge is -2.36. The Hall–Kier alpha value is -3.50. The summed E-state index contributed by atoms with van der Waals surface area (Å²) in [4.78, 5) is 16.9. The maximum Gasteiger partial charge on any atom is 0.244 e. The molecule has 1 saturated heterocycles. The van der Waals surface area contributed by atoms with Crippen molar-refractivity contribution < 1.29 is 14.3 Å². The zero-order chi connectivity index (χ0) is 21.9. The molecule has 1 aliphatic rings. The summed E-state index contributed by atoms with van der Waals surface area (Å²) < 4.78 is 10.6. The number of ether oxygens (including phenoxy) is 2. The first kappa shape index (κ1) is 22.2. The average molecular weight is 421 g/mol. The van der Waals surface area contributed by atoms with Crippen LogP contribution in [0.3, 0.4) is 0 Å². The predicted octanol–water partition coefficient (Wildman–Crippen LogP) is 2.55. The molecule has 0 atom stereocenters. The van der Waals surface area contributed by atoms with Crippen LogP contribution in [0, 0.1) is 11.3 Å². The fourth-order valence-corrected chi connectivity index (χ4v) is 3.45. The molecule has 1 N–H and O–H groups in total. The van der Waals surface area contributed by atoms with Gasteiger partial charge in [-0.25, -0.2) is 0 Å². The summed E-state index contributed by atoms with van der Waals surface area (Å²) in [5, 5.41) is 11.6. The van der Waals surface area contributed by atoms with E-state index in [1.54, 1.807) is 18.2 Å². The standard InChI is InChI=1S/C24H28N4O3/c1-30-23-19-20(7-9-22(23)31-18-11-25)8-10-24(29)26-12-13-27-14-16-28(17-15-27)21-5-3-2-4-6-21/h2-10,19H,12-18H2,1H3,(H,26,29)/b10-8+. The zero-order valence-electron chi connectivity index (χ0n) is 17.8. The number of nitrogens with zero attached hydrogens (tertiary/aromatic N) is 3. The van der Waals surface area contributed by atoms with Crippen LogP contribution < -0.4 is 19.7 Å². The van der Waals surface area contributed by atoms with Gasteiger partial charge < -0.3 is 19.7 Å². The van der Waals surface area contributed by atoms with Crippen molar-refractivity contribution in [2.24, 2.45) is 0 Å². The van der Waals surface area contributed by atoms with Crippen LogP contribution in [0.5, 0.6) is 11.5 Å². The van der Waals surface area contributed by atoms with Gasteiger partial charge in [0, 0.05) is 51.0 Å².